The van der Waals surface area contributed by atoms with Crippen molar-refractivity contribution in [1.82, 2.24) is 15.6 Å². The molecule has 0 spiro atoms. The van der Waals surface area contributed by atoms with Crippen LogP contribution in [0, 0.1) is 5.41 Å². The van der Waals surface area contributed by atoms with E-state index in [4.69, 9.17) is 4.98 Å². The molecular formula is C19H29N3OS. The minimum Gasteiger partial charge on any atom is -0.354 e. The topological polar surface area (TPSA) is 54.0 Å². The third-order valence-corrected chi connectivity index (χ3v) is 5.82. The van der Waals surface area contributed by atoms with E-state index in [1.165, 1.54) is 4.70 Å². The van der Waals surface area contributed by atoms with Gasteiger partial charge in [-0.2, -0.15) is 0 Å². The van der Waals surface area contributed by atoms with Gasteiger partial charge < -0.3 is 10.6 Å². The van der Waals surface area contributed by atoms with E-state index in [1.807, 2.05) is 18.2 Å². The van der Waals surface area contributed by atoms with Gasteiger partial charge in [0.05, 0.1) is 20.6 Å². The van der Waals surface area contributed by atoms with Gasteiger partial charge in [0.15, 0.2) is 0 Å². The third kappa shape index (κ3) is 4.33. The summed E-state index contributed by atoms with van der Waals surface area (Å²) < 4.78 is 1.19. The monoisotopic (exact) mass is 347 g/mol. The Labute approximate surface area is 149 Å². The number of amides is 1. The van der Waals surface area contributed by atoms with E-state index in [1.54, 1.807) is 11.3 Å². The van der Waals surface area contributed by atoms with Crippen molar-refractivity contribution in [2.75, 3.05) is 13.1 Å². The maximum Gasteiger partial charge on any atom is 0.226 e. The second-order valence-electron chi connectivity index (χ2n) is 6.41. The molecule has 2 rings (SSSR count). The Morgan fingerprint density at radius 1 is 1.25 bits per heavy atom. The predicted molar refractivity (Wildman–Crippen MR) is 102 cm³/mol. The predicted octanol–water partition coefficient (Wildman–Crippen LogP) is 3.76. The molecule has 5 heteroatoms. The van der Waals surface area contributed by atoms with Crippen molar-refractivity contribution in [3.8, 4) is 0 Å². The first-order valence-electron chi connectivity index (χ1n) is 8.90. The third-order valence-electron chi connectivity index (χ3n) is 4.78. The molecule has 132 valence electrons. The van der Waals surface area contributed by atoms with Crippen molar-refractivity contribution in [1.29, 1.82) is 0 Å². The van der Waals surface area contributed by atoms with Crippen molar-refractivity contribution < 1.29 is 4.79 Å². The highest BCUT2D eigenvalue weighted by atomic mass is 32.1. The minimum atomic E-state index is -0.375. The fourth-order valence-electron chi connectivity index (χ4n) is 3.04. The number of rotatable bonds is 9. The molecule has 0 unspecified atom stereocenters. The lowest BCUT2D eigenvalue weighted by Gasteiger charge is -2.30. The SMILES string of the molecule is CCN[C@H](C)CNC(=O)C(CC)(CC)Cc1nc2ccccc2s1. The van der Waals surface area contributed by atoms with E-state index < -0.39 is 0 Å². The smallest absolute Gasteiger partial charge is 0.226 e. The van der Waals surface area contributed by atoms with Gasteiger partial charge in [-0.05, 0) is 38.4 Å². The number of carbonyl (C=O) groups excluding carboxylic acids is 1. The molecule has 0 bridgehead atoms. The maximum atomic E-state index is 12.9. The van der Waals surface area contributed by atoms with E-state index in [0.717, 1.165) is 29.9 Å². The van der Waals surface area contributed by atoms with Gasteiger partial charge in [-0.1, -0.05) is 32.9 Å². The molecule has 1 aromatic heterocycles. The van der Waals surface area contributed by atoms with Gasteiger partial charge in [-0.25, -0.2) is 4.98 Å². The van der Waals surface area contributed by atoms with Crippen LogP contribution in [0.2, 0.25) is 0 Å². The molecule has 0 saturated carbocycles. The molecule has 0 saturated heterocycles. The van der Waals surface area contributed by atoms with Crippen LogP contribution >= 0.6 is 11.3 Å². The number of hydrogen-bond donors (Lipinski definition) is 2. The minimum absolute atomic E-state index is 0.150. The van der Waals surface area contributed by atoms with Crippen molar-refractivity contribution in [3.05, 3.63) is 29.3 Å². The molecule has 2 N–H and O–H groups in total. The molecule has 0 aliphatic rings. The van der Waals surface area contributed by atoms with Gasteiger partial charge in [0.25, 0.3) is 0 Å². The zero-order chi connectivity index (χ0) is 17.6. The number of carbonyl (C=O) groups is 1. The van der Waals surface area contributed by atoms with Crippen LogP contribution in [0.3, 0.4) is 0 Å². The summed E-state index contributed by atoms with van der Waals surface area (Å²) in [6.45, 7) is 9.95. The molecule has 0 aliphatic heterocycles. The summed E-state index contributed by atoms with van der Waals surface area (Å²) in [5, 5.41) is 7.52. The number of benzene rings is 1. The molecule has 4 nitrogen and oxygen atoms in total. The summed E-state index contributed by atoms with van der Waals surface area (Å²) in [5.74, 6) is 0.150. The maximum absolute atomic E-state index is 12.9. The van der Waals surface area contributed by atoms with Crippen molar-refractivity contribution in [2.24, 2.45) is 5.41 Å². The Hall–Kier alpha value is -1.46. The van der Waals surface area contributed by atoms with Gasteiger partial charge in [-0.3, -0.25) is 4.79 Å². The lowest BCUT2D eigenvalue weighted by molar-refractivity contribution is -0.131. The Morgan fingerprint density at radius 2 is 1.96 bits per heavy atom. The molecule has 0 radical (unpaired) electrons. The Kier molecular flexibility index (Phi) is 6.75. The molecule has 0 aliphatic carbocycles. The van der Waals surface area contributed by atoms with Gasteiger partial charge in [0, 0.05) is 19.0 Å². The molecule has 1 aromatic carbocycles. The largest absolute Gasteiger partial charge is 0.354 e. The zero-order valence-corrected chi connectivity index (χ0v) is 16.0. The summed E-state index contributed by atoms with van der Waals surface area (Å²) in [7, 11) is 0. The van der Waals surface area contributed by atoms with Gasteiger partial charge in [0.2, 0.25) is 5.91 Å². The summed E-state index contributed by atoms with van der Waals surface area (Å²) in [6.07, 6.45) is 2.35. The molecule has 1 amide bonds. The number of hydrogen-bond acceptors (Lipinski definition) is 4. The van der Waals surface area contributed by atoms with Crippen LogP contribution in [0.4, 0.5) is 0 Å². The van der Waals surface area contributed by atoms with E-state index in [2.05, 4.69) is 44.4 Å². The van der Waals surface area contributed by atoms with E-state index in [0.29, 0.717) is 13.0 Å². The number of aromatic nitrogens is 1. The van der Waals surface area contributed by atoms with Gasteiger partial charge >= 0.3 is 0 Å². The normalized spacial score (nSPS) is 13.2. The average Bonchev–Trinajstić information content (AvgIpc) is 3.00. The molecule has 24 heavy (non-hydrogen) atoms. The van der Waals surface area contributed by atoms with E-state index in [-0.39, 0.29) is 17.4 Å². The first-order chi connectivity index (χ1) is 11.5. The fourth-order valence-corrected chi connectivity index (χ4v) is 4.15. The number of fused-ring (bicyclic) bond motifs is 1. The number of thiazole rings is 1. The van der Waals surface area contributed by atoms with Crippen LogP contribution in [0.25, 0.3) is 10.2 Å². The van der Waals surface area contributed by atoms with Crippen LogP contribution < -0.4 is 10.6 Å². The van der Waals surface area contributed by atoms with Crippen LogP contribution in [0.5, 0.6) is 0 Å². The fraction of sp³-hybridized carbons (Fsp3) is 0.579. The molecular weight excluding hydrogens is 318 g/mol. The highest BCUT2D eigenvalue weighted by molar-refractivity contribution is 7.18. The van der Waals surface area contributed by atoms with Crippen molar-refractivity contribution in [2.45, 2.75) is 53.0 Å². The molecule has 0 fully saturated rings. The highest BCUT2D eigenvalue weighted by Crippen LogP contribution is 2.34. The van der Waals surface area contributed by atoms with Crippen molar-refractivity contribution >= 4 is 27.5 Å². The summed E-state index contributed by atoms with van der Waals surface area (Å²) in [4.78, 5) is 17.6. The van der Waals surface area contributed by atoms with Crippen LogP contribution in [0.1, 0.15) is 45.5 Å². The van der Waals surface area contributed by atoms with Crippen molar-refractivity contribution in [3.63, 3.8) is 0 Å². The van der Waals surface area contributed by atoms with E-state index in [9.17, 15) is 4.79 Å². The lowest BCUT2D eigenvalue weighted by atomic mass is 9.78. The number of para-hydroxylation sites is 1. The van der Waals surface area contributed by atoms with Crippen LogP contribution in [-0.4, -0.2) is 30.0 Å². The van der Waals surface area contributed by atoms with E-state index >= 15 is 0 Å². The van der Waals surface area contributed by atoms with Gasteiger partial charge in [-0.15, -0.1) is 11.3 Å². The second kappa shape index (κ2) is 8.58. The second-order valence-corrected chi connectivity index (χ2v) is 7.52. The molecule has 2 aromatic rings. The Balaban J connectivity index is 2.12. The lowest BCUT2D eigenvalue weighted by Crippen LogP contribution is -2.46. The van der Waals surface area contributed by atoms with Crippen LogP contribution in [-0.2, 0) is 11.2 Å². The Bertz CT molecular complexity index is 630. The molecule has 1 atom stereocenters. The first kappa shape index (κ1) is 18.9. The van der Waals surface area contributed by atoms with Gasteiger partial charge in [0.1, 0.15) is 0 Å². The quantitative estimate of drug-likeness (QED) is 0.726. The summed E-state index contributed by atoms with van der Waals surface area (Å²) in [5.41, 5.74) is 0.652. The van der Waals surface area contributed by atoms with Crippen LogP contribution in [0.15, 0.2) is 24.3 Å². The number of nitrogens with zero attached hydrogens (tertiary/aromatic N) is 1. The molecule has 1 heterocycles. The first-order valence-corrected chi connectivity index (χ1v) is 9.72. The summed E-state index contributed by atoms with van der Waals surface area (Å²) in [6, 6.07) is 8.45. The summed E-state index contributed by atoms with van der Waals surface area (Å²) >= 11 is 1.70. The Morgan fingerprint density at radius 3 is 2.58 bits per heavy atom. The average molecular weight is 348 g/mol. The zero-order valence-electron chi connectivity index (χ0n) is 15.2. The number of nitrogens with one attached hydrogen (secondary N) is 2. The standard InChI is InChI=1S/C19H29N3OS/c1-5-19(6-2,18(23)21-13-14(4)20-7-3)12-17-22-15-10-8-9-11-16(15)24-17/h8-11,14,20H,5-7,12-13H2,1-4H3,(H,21,23)/t14-/m1/s1. The highest BCUT2D eigenvalue weighted by Gasteiger charge is 2.36. The number of likely N-dealkylation sites (N-methyl/N-ethyl adjacent to an activating group) is 1.